The van der Waals surface area contributed by atoms with Gasteiger partial charge in [0.1, 0.15) is 5.82 Å². The van der Waals surface area contributed by atoms with E-state index in [4.69, 9.17) is 0 Å². The average Bonchev–Trinajstić information content (AvgIpc) is 2.42. The van der Waals surface area contributed by atoms with Crippen LogP contribution < -0.4 is 15.5 Å². The summed E-state index contributed by atoms with van der Waals surface area (Å²) < 4.78 is 0. The van der Waals surface area contributed by atoms with Gasteiger partial charge in [0.15, 0.2) is 0 Å². The first-order valence-corrected chi connectivity index (χ1v) is 6.92. The van der Waals surface area contributed by atoms with E-state index < -0.39 is 0 Å². The fourth-order valence-corrected chi connectivity index (χ4v) is 1.80. The Morgan fingerprint density at radius 3 is 2.53 bits per heavy atom. The Balaban J connectivity index is 2.50. The lowest BCUT2D eigenvalue weighted by Gasteiger charge is -2.19. The molecule has 106 valence electrons. The third-order valence-corrected chi connectivity index (χ3v) is 2.90. The van der Waals surface area contributed by atoms with Crippen LogP contribution >= 0.6 is 0 Å². The molecular formula is C14H24N4O. The number of rotatable bonds is 8. The maximum Gasteiger partial charge on any atom is 0.225 e. The van der Waals surface area contributed by atoms with Crippen LogP contribution in [0.3, 0.4) is 0 Å². The summed E-state index contributed by atoms with van der Waals surface area (Å²) in [5.74, 6) is 0.953. The number of nitrogens with zero attached hydrogens (tertiary/aromatic N) is 2. The van der Waals surface area contributed by atoms with E-state index in [0.29, 0.717) is 13.0 Å². The van der Waals surface area contributed by atoms with Crippen molar-refractivity contribution in [3.05, 3.63) is 18.3 Å². The lowest BCUT2D eigenvalue weighted by molar-refractivity contribution is -0.116. The number of hydrogen-bond acceptors (Lipinski definition) is 4. The van der Waals surface area contributed by atoms with E-state index in [-0.39, 0.29) is 5.91 Å². The molecule has 0 aliphatic carbocycles. The van der Waals surface area contributed by atoms with E-state index in [2.05, 4.69) is 34.4 Å². The van der Waals surface area contributed by atoms with Crippen molar-refractivity contribution in [2.45, 2.75) is 27.2 Å². The second-order valence-electron chi connectivity index (χ2n) is 4.23. The molecule has 0 aliphatic rings. The molecule has 1 amide bonds. The summed E-state index contributed by atoms with van der Waals surface area (Å²) in [6.45, 7) is 9.66. The van der Waals surface area contributed by atoms with Gasteiger partial charge in [-0.25, -0.2) is 4.98 Å². The molecule has 0 spiro atoms. The van der Waals surface area contributed by atoms with Gasteiger partial charge in [-0.2, -0.15) is 0 Å². The molecular weight excluding hydrogens is 240 g/mol. The van der Waals surface area contributed by atoms with Crippen molar-refractivity contribution in [3.63, 3.8) is 0 Å². The number of aromatic nitrogens is 1. The van der Waals surface area contributed by atoms with E-state index >= 15 is 0 Å². The Morgan fingerprint density at radius 2 is 2.00 bits per heavy atom. The molecule has 19 heavy (non-hydrogen) atoms. The standard InChI is InChI=1S/C14H24N4O/c1-4-15-10-9-14(19)17-12-7-8-13(16-11-12)18(5-2)6-3/h7-8,11,15H,4-6,9-10H2,1-3H3,(H,17,19). The van der Waals surface area contributed by atoms with E-state index in [1.54, 1.807) is 6.20 Å². The van der Waals surface area contributed by atoms with Crippen molar-refractivity contribution in [1.29, 1.82) is 0 Å². The topological polar surface area (TPSA) is 57.3 Å². The number of carbonyl (C=O) groups is 1. The quantitative estimate of drug-likeness (QED) is 0.704. The molecule has 5 nitrogen and oxygen atoms in total. The molecule has 0 aromatic carbocycles. The molecule has 1 aromatic rings. The van der Waals surface area contributed by atoms with Crippen molar-refractivity contribution < 1.29 is 4.79 Å². The molecule has 0 aliphatic heterocycles. The van der Waals surface area contributed by atoms with Crippen molar-refractivity contribution in [1.82, 2.24) is 10.3 Å². The molecule has 1 heterocycles. The van der Waals surface area contributed by atoms with E-state index in [0.717, 1.165) is 31.1 Å². The van der Waals surface area contributed by atoms with Crippen molar-refractivity contribution >= 4 is 17.4 Å². The fourth-order valence-electron chi connectivity index (χ4n) is 1.80. The number of hydrogen-bond donors (Lipinski definition) is 2. The molecule has 1 rings (SSSR count). The summed E-state index contributed by atoms with van der Waals surface area (Å²) in [4.78, 5) is 18.2. The minimum absolute atomic E-state index is 0.0124. The summed E-state index contributed by atoms with van der Waals surface area (Å²) in [5.41, 5.74) is 0.748. The Hall–Kier alpha value is -1.62. The van der Waals surface area contributed by atoms with Gasteiger partial charge in [0.2, 0.25) is 5.91 Å². The van der Waals surface area contributed by atoms with Gasteiger partial charge < -0.3 is 15.5 Å². The van der Waals surface area contributed by atoms with Crippen molar-refractivity contribution in [3.8, 4) is 0 Å². The molecule has 1 aromatic heterocycles. The van der Waals surface area contributed by atoms with Gasteiger partial charge in [-0.1, -0.05) is 6.92 Å². The number of carbonyl (C=O) groups excluding carboxylic acids is 1. The molecule has 0 atom stereocenters. The second-order valence-corrected chi connectivity index (χ2v) is 4.23. The van der Waals surface area contributed by atoms with Crippen LogP contribution in [-0.4, -0.2) is 37.1 Å². The first-order valence-electron chi connectivity index (χ1n) is 6.92. The van der Waals surface area contributed by atoms with Gasteiger partial charge in [-0.15, -0.1) is 0 Å². The summed E-state index contributed by atoms with van der Waals surface area (Å²) in [6.07, 6.45) is 2.18. The van der Waals surface area contributed by atoms with Gasteiger partial charge in [-0.3, -0.25) is 4.79 Å². The molecule has 5 heteroatoms. The summed E-state index contributed by atoms with van der Waals surface area (Å²) in [7, 11) is 0. The first-order chi connectivity index (χ1) is 9.21. The van der Waals surface area contributed by atoms with Crippen LogP contribution in [0, 0.1) is 0 Å². The molecule has 0 bridgehead atoms. The SMILES string of the molecule is CCNCCC(=O)Nc1ccc(N(CC)CC)nc1. The third kappa shape index (κ3) is 5.26. The van der Waals surface area contributed by atoms with Gasteiger partial charge in [0.05, 0.1) is 11.9 Å². The Labute approximate surface area is 115 Å². The first kappa shape index (κ1) is 15.4. The van der Waals surface area contributed by atoms with Gasteiger partial charge in [-0.05, 0) is 32.5 Å². The molecule has 0 radical (unpaired) electrons. The highest BCUT2D eigenvalue weighted by Gasteiger charge is 2.05. The van der Waals surface area contributed by atoms with Gasteiger partial charge in [0.25, 0.3) is 0 Å². The lowest BCUT2D eigenvalue weighted by atomic mass is 10.3. The Morgan fingerprint density at radius 1 is 1.26 bits per heavy atom. The highest BCUT2D eigenvalue weighted by Crippen LogP contribution is 2.13. The summed E-state index contributed by atoms with van der Waals surface area (Å²) in [6, 6.07) is 3.83. The fraction of sp³-hybridized carbons (Fsp3) is 0.571. The van der Waals surface area contributed by atoms with Crippen molar-refractivity contribution in [2.24, 2.45) is 0 Å². The summed E-state index contributed by atoms with van der Waals surface area (Å²) in [5, 5.41) is 5.96. The van der Waals surface area contributed by atoms with Crippen LogP contribution in [0.15, 0.2) is 18.3 Å². The number of nitrogens with one attached hydrogen (secondary N) is 2. The zero-order valence-corrected chi connectivity index (χ0v) is 12.1. The number of pyridine rings is 1. The van der Waals surface area contributed by atoms with E-state index in [1.165, 1.54) is 0 Å². The third-order valence-electron chi connectivity index (χ3n) is 2.90. The van der Waals surface area contributed by atoms with Crippen LogP contribution in [-0.2, 0) is 4.79 Å². The lowest BCUT2D eigenvalue weighted by Crippen LogP contribution is -2.23. The van der Waals surface area contributed by atoms with Crippen LogP contribution in [0.5, 0.6) is 0 Å². The van der Waals surface area contributed by atoms with Gasteiger partial charge in [0, 0.05) is 26.1 Å². The Kier molecular flexibility index (Phi) is 6.89. The van der Waals surface area contributed by atoms with E-state index in [1.807, 2.05) is 19.1 Å². The highest BCUT2D eigenvalue weighted by atomic mass is 16.1. The van der Waals surface area contributed by atoms with Crippen LogP contribution in [0.2, 0.25) is 0 Å². The average molecular weight is 264 g/mol. The maximum atomic E-state index is 11.6. The summed E-state index contributed by atoms with van der Waals surface area (Å²) >= 11 is 0. The zero-order valence-electron chi connectivity index (χ0n) is 12.1. The zero-order chi connectivity index (χ0) is 14.1. The molecule has 2 N–H and O–H groups in total. The second kappa shape index (κ2) is 8.48. The van der Waals surface area contributed by atoms with Gasteiger partial charge >= 0.3 is 0 Å². The van der Waals surface area contributed by atoms with E-state index in [9.17, 15) is 4.79 Å². The minimum atomic E-state index is 0.0124. The molecule has 0 fully saturated rings. The molecule has 0 saturated carbocycles. The smallest absolute Gasteiger partial charge is 0.225 e. The monoisotopic (exact) mass is 264 g/mol. The molecule has 0 saturated heterocycles. The largest absolute Gasteiger partial charge is 0.357 e. The van der Waals surface area contributed by atoms with Crippen molar-refractivity contribution in [2.75, 3.05) is 36.4 Å². The normalized spacial score (nSPS) is 10.3. The predicted octanol–water partition coefficient (Wildman–Crippen LogP) is 1.87. The minimum Gasteiger partial charge on any atom is -0.357 e. The van der Waals surface area contributed by atoms with Crippen LogP contribution in [0.1, 0.15) is 27.2 Å². The van der Waals surface area contributed by atoms with Crippen LogP contribution in [0.25, 0.3) is 0 Å². The molecule has 0 unspecified atom stereocenters. The highest BCUT2D eigenvalue weighted by molar-refractivity contribution is 5.90. The predicted molar refractivity (Wildman–Crippen MR) is 79.6 cm³/mol. The maximum absolute atomic E-state index is 11.6. The number of anilines is 2. The Bertz CT molecular complexity index is 374. The van der Waals surface area contributed by atoms with Crippen LogP contribution in [0.4, 0.5) is 11.5 Å². The number of amides is 1.